The van der Waals surface area contributed by atoms with Crippen molar-refractivity contribution < 1.29 is 13.3 Å². The lowest BCUT2D eigenvalue weighted by molar-refractivity contribution is 0.0135. The molecule has 0 amide bonds. The van der Waals surface area contributed by atoms with E-state index in [-0.39, 0.29) is 0 Å². The number of hydrogen-bond donors (Lipinski definition) is 0. The normalized spacial score (nSPS) is 12.3. The van der Waals surface area contributed by atoms with Crippen molar-refractivity contribution in [1.29, 1.82) is 0 Å². The van der Waals surface area contributed by atoms with Crippen LogP contribution in [-0.2, 0) is 13.3 Å². The van der Waals surface area contributed by atoms with Gasteiger partial charge in [-0.25, -0.2) is 0 Å². The van der Waals surface area contributed by atoms with Gasteiger partial charge < -0.3 is 13.3 Å². The molecule has 4 heteroatoms. The Morgan fingerprint density at radius 3 is 1.50 bits per heavy atom. The highest BCUT2D eigenvalue weighted by Crippen LogP contribution is 2.37. The topological polar surface area (TPSA) is 27.7 Å². The van der Waals surface area contributed by atoms with Crippen molar-refractivity contribution in [3.63, 3.8) is 0 Å². The molecular weight excluding hydrogens is 268 g/mol. The molecule has 0 spiro atoms. The van der Waals surface area contributed by atoms with Crippen LogP contribution in [0, 0.1) is 0 Å². The summed E-state index contributed by atoms with van der Waals surface area (Å²) in [7, 11) is -2.97. The maximum absolute atomic E-state index is 6.44. The van der Waals surface area contributed by atoms with Gasteiger partial charge in [0.2, 0.25) is 0 Å². The summed E-state index contributed by atoms with van der Waals surface area (Å²) in [6.07, 6.45) is 0.736. The lowest BCUT2D eigenvalue weighted by Crippen LogP contribution is -2.55. The molecule has 0 saturated heterocycles. The highest BCUT2D eigenvalue weighted by atomic mass is 28.4. The molecule has 0 saturated carbocycles. The van der Waals surface area contributed by atoms with E-state index in [1.54, 1.807) is 0 Å². The first kappa shape index (κ1) is 19.3. The molecule has 0 unspecified atom stereocenters. The van der Waals surface area contributed by atoms with Gasteiger partial charge in [0.25, 0.3) is 0 Å². The van der Waals surface area contributed by atoms with E-state index in [9.17, 15) is 0 Å². The Morgan fingerprint density at radius 2 is 1.30 bits per heavy atom. The largest absolute Gasteiger partial charge is 0.533 e. The highest BCUT2D eigenvalue weighted by molar-refractivity contribution is 6.68. The van der Waals surface area contributed by atoms with Gasteiger partial charge in [-0.2, -0.15) is 0 Å². The Balaban J connectivity index is 5.76. The molecule has 0 aromatic heterocycles. The summed E-state index contributed by atoms with van der Waals surface area (Å²) in [6, 6.07) is 0. The van der Waals surface area contributed by atoms with Crippen molar-refractivity contribution in [3.8, 4) is 0 Å². The van der Waals surface area contributed by atoms with Crippen molar-refractivity contribution in [3.05, 3.63) is 36.1 Å². The van der Waals surface area contributed by atoms with Crippen molar-refractivity contribution >= 4 is 8.80 Å². The summed E-state index contributed by atoms with van der Waals surface area (Å²) in [4.78, 5) is 0. The van der Waals surface area contributed by atoms with E-state index in [4.69, 9.17) is 13.3 Å². The Morgan fingerprint density at radius 1 is 0.900 bits per heavy atom. The van der Waals surface area contributed by atoms with Gasteiger partial charge in [0, 0.05) is 13.2 Å². The van der Waals surface area contributed by atoms with Crippen LogP contribution in [0.2, 0.25) is 0 Å². The van der Waals surface area contributed by atoms with Gasteiger partial charge >= 0.3 is 8.80 Å². The molecule has 0 N–H and O–H groups in total. The number of hydrogen-bond acceptors (Lipinski definition) is 3. The fourth-order valence-electron chi connectivity index (χ4n) is 2.26. The first-order chi connectivity index (χ1) is 9.22. The van der Waals surface area contributed by atoms with E-state index in [0.717, 1.165) is 22.8 Å². The van der Waals surface area contributed by atoms with Gasteiger partial charge in [0.1, 0.15) is 5.60 Å². The predicted octanol–water partition coefficient (Wildman–Crippen LogP) is 4.43. The number of rotatable bonds is 10. The average molecular weight is 298 g/mol. The lowest BCUT2D eigenvalue weighted by atomic mass is 9.87. The van der Waals surface area contributed by atoms with Gasteiger partial charge in [-0.05, 0) is 57.4 Å². The first-order valence-electron chi connectivity index (χ1n) is 7.18. The molecule has 0 rings (SSSR count). The van der Waals surface area contributed by atoms with E-state index in [2.05, 4.69) is 26.7 Å². The molecule has 0 bridgehead atoms. The summed E-state index contributed by atoms with van der Waals surface area (Å²) >= 11 is 0. The third-order valence-electron chi connectivity index (χ3n) is 3.38. The third-order valence-corrected chi connectivity index (χ3v) is 6.38. The Labute approximate surface area is 125 Å². The summed E-state index contributed by atoms with van der Waals surface area (Å²) in [5.41, 5.74) is 1.19. The zero-order valence-electron chi connectivity index (χ0n) is 14.0. The maximum atomic E-state index is 6.44. The lowest BCUT2D eigenvalue weighted by Gasteiger charge is -2.42. The summed E-state index contributed by atoms with van der Waals surface area (Å²) in [5, 5.41) is 0.807. The second-order valence-electron chi connectivity index (χ2n) is 5.05. The van der Waals surface area contributed by atoms with E-state index in [1.807, 2.05) is 34.6 Å². The second-order valence-corrected chi connectivity index (χ2v) is 7.79. The van der Waals surface area contributed by atoms with Crippen LogP contribution >= 0.6 is 0 Å². The number of allylic oxidation sites excluding steroid dienone is 1. The molecule has 0 radical (unpaired) electrons. The van der Waals surface area contributed by atoms with E-state index < -0.39 is 14.4 Å². The van der Waals surface area contributed by atoms with E-state index in [0.29, 0.717) is 13.2 Å². The molecule has 0 aliphatic carbocycles. The zero-order chi connectivity index (χ0) is 16.0. The average Bonchev–Trinajstić information content (AvgIpc) is 2.35. The Hall–Kier alpha value is -0.683. The third kappa shape index (κ3) is 3.91. The van der Waals surface area contributed by atoms with Crippen LogP contribution < -0.4 is 0 Å². The second kappa shape index (κ2) is 7.93. The Kier molecular flexibility index (Phi) is 7.66. The fraction of sp³-hybridized carbons (Fsp3) is 0.625. The molecule has 0 aliphatic rings. The summed E-state index contributed by atoms with van der Waals surface area (Å²) in [5.74, 6) is 0. The molecule has 116 valence electrons. The van der Waals surface area contributed by atoms with Crippen LogP contribution in [0.15, 0.2) is 36.1 Å². The van der Waals surface area contributed by atoms with Crippen molar-refractivity contribution in [2.45, 2.75) is 53.6 Å². The Bertz CT molecular complexity index is 354. The quantitative estimate of drug-likeness (QED) is 0.441. The molecule has 0 aromatic rings. The standard InChI is InChI=1S/C16H30O3Si/c1-10-16(13(4)5,14(6)7)19-20(15(8)9,17-11-2)18-12-3/h4,6,8,10-12H2,1-3,5,7,9H3. The molecule has 3 nitrogen and oxygen atoms in total. The van der Waals surface area contributed by atoms with Crippen LogP contribution in [-0.4, -0.2) is 27.6 Å². The van der Waals surface area contributed by atoms with Gasteiger partial charge in [-0.15, -0.1) is 0 Å². The minimum Gasteiger partial charge on any atom is -0.370 e. The minimum atomic E-state index is -2.97. The molecule has 0 aliphatic heterocycles. The van der Waals surface area contributed by atoms with Crippen molar-refractivity contribution in [2.75, 3.05) is 13.2 Å². The smallest absolute Gasteiger partial charge is 0.370 e. The minimum absolute atomic E-state index is 0.519. The van der Waals surface area contributed by atoms with Crippen molar-refractivity contribution in [2.24, 2.45) is 0 Å². The molecule has 20 heavy (non-hydrogen) atoms. The van der Waals surface area contributed by atoms with E-state index >= 15 is 0 Å². The molecular formula is C16H30O3Si. The van der Waals surface area contributed by atoms with Crippen molar-refractivity contribution in [1.82, 2.24) is 0 Å². The van der Waals surface area contributed by atoms with Crippen LogP contribution in [0.25, 0.3) is 0 Å². The molecule has 0 aromatic carbocycles. The van der Waals surface area contributed by atoms with Crippen LogP contribution in [0.4, 0.5) is 0 Å². The van der Waals surface area contributed by atoms with Crippen LogP contribution in [0.3, 0.4) is 0 Å². The summed E-state index contributed by atoms with van der Waals surface area (Å²) < 4.78 is 18.2. The van der Waals surface area contributed by atoms with Crippen LogP contribution in [0.1, 0.15) is 48.0 Å². The first-order valence-corrected chi connectivity index (χ1v) is 8.90. The van der Waals surface area contributed by atoms with E-state index in [1.165, 1.54) is 0 Å². The zero-order valence-corrected chi connectivity index (χ0v) is 15.0. The SMILES string of the molecule is C=C(C)C(CC)(O[Si](OCC)(OCC)C(=C)C)C(=C)C. The molecule has 0 fully saturated rings. The molecule has 0 atom stereocenters. The van der Waals surface area contributed by atoms with Gasteiger partial charge in [-0.3, -0.25) is 0 Å². The predicted molar refractivity (Wildman–Crippen MR) is 87.6 cm³/mol. The van der Waals surface area contributed by atoms with Gasteiger partial charge in [0.05, 0.1) is 0 Å². The van der Waals surface area contributed by atoms with Gasteiger partial charge in [0.15, 0.2) is 0 Å². The monoisotopic (exact) mass is 298 g/mol. The van der Waals surface area contributed by atoms with Crippen LogP contribution in [0.5, 0.6) is 0 Å². The van der Waals surface area contributed by atoms with Gasteiger partial charge in [-0.1, -0.05) is 26.7 Å². The highest BCUT2D eigenvalue weighted by Gasteiger charge is 2.50. The molecule has 0 heterocycles. The maximum Gasteiger partial charge on any atom is 0.533 e. The fourth-order valence-corrected chi connectivity index (χ4v) is 4.84. The summed E-state index contributed by atoms with van der Waals surface area (Å²) in [6.45, 7) is 24.9.